The molecule has 0 amide bonds. The number of rotatable bonds is 6. The molecule has 0 N–H and O–H groups in total. The van der Waals surface area contributed by atoms with E-state index in [0.717, 1.165) is 54.5 Å². The first-order valence-electron chi connectivity index (χ1n) is 12.4. The van der Waals surface area contributed by atoms with Crippen molar-refractivity contribution in [1.29, 1.82) is 0 Å². The minimum absolute atomic E-state index is 0.0515. The van der Waals surface area contributed by atoms with Crippen molar-refractivity contribution in [2.45, 2.75) is 20.8 Å². The Labute approximate surface area is 225 Å². The Morgan fingerprint density at radius 2 is 1.68 bits per heavy atom. The molecule has 3 aromatic carbocycles. The average Bonchev–Trinajstić information content (AvgIpc) is 3.33. The Kier molecular flexibility index (Phi) is 7.48. The molecule has 0 bridgehead atoms. The number of aryl methyl sites for hydroxylation is 2. The molecular weight excluding hydrogens is 498 g/mol. The smallest absolute Gasteiger partial charge is 0.269 e. The molecule has 0 saturated carbocycles. The highest BCUT2D eigenvalue weighted by Crippen LogP contribution is 2.25. The van der Waals surface area contributed by atoms with Crippen molar-refractivity contribution in [2.24, 2.45) is 10.1 Å². The van der Waals surface area contributed by atoms with Crippen LogP contribution in [0, 0.1) is 24.0 Å². The second-order valence-corrected chi connectivity index (χ2v) is 10.1. The molecule has 194 valence electrons. The van der Waals surface area contributed by atoms with Crippen LogP contribution in [0.25, 0.3) is 11.3 Å². The molecular formula is C29H29N5O3S. The van der Waals surface area contributed by atoms with Crippen LogP contribution in [0.1, 0.15) is 23.6 Å². The van der Waals surface area contributed by atoms with Crippen LogP contribution in [0.3, 0.4) is 0 Å². The first-order valence-corrected chi connectivity index (χ1v) is 13.3. The summed E-state index contributed by atoms with van der Waals surface area (Å²) in [6.45, 7) is 9.40. The number of benzene rings is 3. The summed E-state index contributed by atoms with van der Waals surface area (Å²) in [7, 11) is 0. The van der Waals surface area contributed by atoms with E-state index in [-0.39, 0.29) is 5.69 Å². The Bertz CT molecular complexity index is 1550. The van der Waals surface area contributed by atoms with Gasteiger partial charge >= 0.3 is 0 Å². The van der Waals surface area contributed by atoms with E-state index < -0.39 is 4.92 Å². The Hall–Kier alpha value is -4.08. The summed E-state index contributed by atoms with van der Waals surface area (Å²) in [5.41, 5.74) is 7.94. The van der Waals surface area contributed by atoms with Crippen molar-refractivity contribution in [3.8, 4) is 11.3 Å². The van der Waals surface area contributed by atoms with Crippen LogP contribution < -0.4 is 9.70 Å². The summed E-state index contributed by atoms with van der Waals surface area (Å²) in [6.07, 6.45) is 0. The highest BCUT2D eigenvalue weighted by Gasteiger charge is 2.13. The molecule has 0 atom stereocenters. The van der Waals surface area contributed by atoms with E-state index in [9.17, 15) is 10.1 Å². The number of nitro groups is 1. The number of non-ortho nitro benzene ring substituents is 1. The van der Waals surface area contributed by atoms with Crippen LogP contribution in [0.5, 0.6) is 0 Å². The fraction of sp³-hybridized carbons (Fsp3) is 0.241. The zero-order chi connectivity index (χ0) is 26.6. The van der Waals surface area contributed by atoms with Gasteiger partial charge < -0.3 is 9.64 Å². The van der Waals surface area contributed by atoms with Crippen LogP contribution in [-0.2, 0) is 4.74 Å². The van der Waals surface area contributed by atoms with Gasteiger partial charge in [0.25, 0.3) is 5.69 Å². The highest BCUT2D eigenvalue weighted by molar-refractivity contribution is 7.07. The minimum Gasteiger partial charge on any atom is -0.378 e. The summed E-state index contributed by atoms with van der Waals surface area (Å²) in [6, 6.07) is 21.1. The Morgan fingerprint density at radius 1 is 0.974 bits per heavy atom. The lowest BCUT2D eigenvalue weighted by molar-refractivity contribution is -0.384. The molecule has 0 spiro atoms. The van der Waals surface area contributed by atoms with Gasteiger partial charge in [0, 0.05) is 41.9 Å². The Balaban J connectivity index is 1.56. The molecule has 1 aliphatic heterocycles. The molecule has 4 aromatic rings. The van der Waals surface area contributed by atoms with E-state index in [1.807, 2.05) is 23.0 Å². The van der Waals surface area contributed by atoms with Gasteiger partial charge in [0.15, 0.2) is 0 Å². The number of morpholine rings is 1. The summed E-state index contributed by atoms with van der Waals surface area (Å²) in [5.74, 6) is 0. The van der Waals surface area contributed by atoms with Gasteiger partial charge in [-0.1, -0.05) is 18.2 Å². The lowest BCUT2D eigenvalue weighted by Crippen LogP contribution is -2.36. The fourth-order valence-corrected chi connectivity index (χ4v) is 5.12. The number of aromatic nitrogens is 1. The predicted molar refractivity (Wildman–Crippen MR) is 153 cm³/mol. The molecule has 0 unspecified atom stereocenters. The topological polar surface area (TPSA) is 85.3 Å². The maximum absolute atomic E-state index is 11.2. The van der Waals surface area contributed by atoms with Gasteiger partial charge in [-0.25, -0.2) is 9.67 Å². The largest absolute Gasteiger partial charge is 0.378 e. The number of anilines is 1. The van der Waals surface area contributed by atoms with Crippen molar-refractivity contribution in [2.75, 3.05) is 31.2 Å². The van der Waals surface area contributed by atoms with E-state index >= 15 is 0 Å². The molecule has 1 aliphatic rings. The van der Waals surface area contributed by atoms with Gasteiger partial charge in [0.2, 0.25) is 4.80 Å². The molecule has 2 heterocycles. The van der Waals surface area contributed by atoms with Gasteiger partial charge in [-0.3, -0.25) is 10.1 Å². The molecule has 8 nitrogen and oxygen atoms in total. The second-order valence-electron chi connectivity index (χ2n) is 9.23. The quantitative estimate of drug-likeness (QED) is 0.173. The number of hydrogen-bond donors (Lipinski definition) is 0. The monoisotopic (exact) mass is 527 g/mol. The Morgan fingerprint density at radius 3 is 2.34 bits per heavy atom. The maximum Gasteiger partial charge on any atom is 0.269 e. The molecule has 1 fully saturated rings. The van der Waals surface area contributed by atoms with Crippen molar-refractivity contribution < 1.29 is 9.66 Å². The van der Waals surface area contributed by atoms with E-state index in [4.69, 9.17) is 14.8 Å². The molecule has 1 saturated heterocycles. The molecule has 0 radical (unpaired) electrons. The lowest BCUT2D eigenvalue weighted by atomic mass is 10.1. The maximum atomic E-state index is 11.2. The van der Waals surface area contributed by atoms with Crippen LogP contribution in [-0.4, -0.2) is 41.6 Å². The number of nitro benzene ring substituents is 1. The van der Waals surface area contributed by atoms with E-state index in [1.165, 1.54) is 40.3 Å². The van der Waals surface area contributed by atoms with E-state index in [0.29, 0.717) is 4.80 Å². The minimum atomic E-state index is -0.394. The zero-order valence-electron chi connectivity index (χ0n) is 21.6. The van der Waals surface area contributed by atoms with Crippen LogP contribution >= 0.6 is 11.3 Å². The highest BCUT2D eigenvalue weighted by atomic mass is 32.1. The summed E-state index contributed by atoms with van der Waals surface area (Å²) in [4.78, 5) is 18.7. The second kappa shape index (κ2) is 11.1. The van der Waals surface area contributed by atoms with Crippen LogP contribution in [0.15, 0.2) is 82.2 Å². The lowest BCUT2D eigenvalue weighted by Gasteiger charge is -2.28. The fourth-order valence-electron chi connectivity index (χ4n) is 4.27. The predicted octanol–water partition coefficient (Wildman–Crippen LogP) is 6.08. The van der Waals surface area contributed by atoms with Gasteiger partial charge in [-0.05, 0) is 73.9 Å². The van der Waals surface area contributed by atoms with E-state index in [2.05, 4.69) is 55.1 Å². The van der Waals surface area contributed by atoms with Gasteiger partial charge in [-0.2, -0.15) is 5.10 Å². The van der Waals surface area contributed by atoms with E-state index in [1.54, 1.807) is 12.1 Å². The van der Waals surface area contributed by atoms with Crippen molar-refractivity contribution in [3.05, 3.63) is 104 Å². The first-order chi connectivity index (χ1) is 18.4. The first kappa shape index (κ1) is 25.6. The molecule has 9 heteroatoms. The van der Waals surface area contributed by atoms with Gasteiger partial charge in [0.05, 0.1) is 35.2 Å². The third kappa shape index (κ3) is 5.58. The molecule has 5 rings (SSSR count). The van der Waals surface area contributed by atoms with Gasteiger partial charge in [0.1, 0.15) is 0 Å². The number of nitrogens with zero attached hydrogens (tertiary/aromatic N) is 5. The third-order valence-corrected chi connectivity index (χ3v) is 7.50. The number of hydrogen-bond acceptors (Lipinski definition) is 7. The average molecular weight is 528 g/mol. The summed E-state index contributed by atoms with van der Waals surface area (Å²) >= 11 is 1.48. The zero-order valence-corrected chi connectivity index (χ0v) is 22.4. The van der Waals surface area contributed by atoms with Crippen LogP contribution in [0.4, 0.5) is 17.1 Å². The summed E-state index contributed by atoms with van der Waals surface area (Å²) < 4.78 is 7.29. The van der Waals surface area contributed by atoms with Gasteiger partial charge in [-0.15, -0.1) is 11.3 Å². The van der Waals surface area contributed by atoms with Crippen molar-refractivity contribution in [1.82, 2.24) is 4.68 Å². The summed E-state index contributed by atoms with van der Waals surface area (Å²) in [5, 5.41) is 18.1. The molecule has 38 heavy (non-hydrogen) atoms. The number of ether oxygens (including phenoxy) is 1. The molecule has 0 aliphatic carbocycles. The normalized spacial score (nSPS) is 14.7. The van der Waals surface area contributed by atoms with Crippen molar-refractivity contribution in [3.63, 3.8) is 0 Å². The van der Waals surface area contributed by atoms with Crippen LogP contribution in [0.2, 0.25) is 0 Å². The molecule has 1 aromatic heterocycles. The number of thiazole rings is 1. The SMILES string of the molecule is CC(=Nn1c(-c2ccc([N+](=O)[O-])cc2)csc1=Nc1ccc(C)c(C)c1)c1ccc(N2CCOCC2)cc1. The third-order valence-electron chi connectivity index (χ3n) is 6.69. The van der Waals surface area contributed by atoms with Crippen molar-refractivity contribution >= 4 is 34.1 Å². The standard InChI is InChI=1S/C29H29N5O3S/c1-20-4-9-25(18-21(20)2)30-29-33(28(19-38-29)24-7-12-27(13-8-24)34(35)36)31-22(3)23-5-10-26(11-6-23)32-14-16-37-17-15-32/h4-13,18-19H,14-17H2,1-3H3.